The van der Waals surface area contributed by atoms with Crippen LogP contribution in [-0.2, 0) is 4.74 Å². The van der Waals surface area contributed by atoms with Crippen LogP contribution in [0.3, 0.4) is 0 Å². The lowest BCUT2D eigenvalue weighted by molar-refractivity contribution is 0.0550. The highest BCUT2D eigenvalue weighted by atomic mass is 16.5. The van der Waals surface area contributed by atoms with E-state index in [4.69, 9.17) is 4.74 Å². The van der Waals surface area contributed by atoms with Crippen LogP contribution in [0.15, 0.2) is 31.0 Å². The number of ether oxygens (including phenoxy) is 1. The summed E-state index contributed by atoms with van der Waals surface area (Å²) in [5.41, 5.74) is 0.456. The smallest absolute Gasteiger partial charge is 0.342 e. The molecule has 0 fully saturated rings. The van der Waals surface area contributed by atoms with Crippen molar-refractivity contribution in [3.63, 3.8) is 0 Å². The van der Waals surface area contributed by atoms with Crippen LogP contribution in [0.25, 0.3) is 0 Å². The maximum atomic E-state index is 11.6. The summed E-state index contributed by atoms with van der Waals surface area (Å²) in [6, 6.07) is 3.40. The van der Waals surface area contributed by atoms with Crippen molar-refractivity contribution < 1.29 is 9.53 Å². The summed E-state index contributed by atoms with van der Waals surface area (Å²) in [6.45, 7) is 6.52. The van der Waals surface area contributed by atoms with Gasteiger partial charge in [-0.2, -0.15) is 0 Å². The highest BCUT2D eigenvalue weighted by Gasteiger charge is 2.12. The lowest BCUT2D eigenvalue weighted by atomic mass is 10.2. The van der Waals surface area contributed by atoms with E-state index >= 15 is 0 Å². The molecule has 0 aliphatic carbocycles. The Bertz CT molecular complexity index is 364. The second-order valence-electron chi connectivity index (χ2n) is 3.21. The predicted octanol–water partition coefficient (Wildman–Crippen LogP) is 2.25. The van der Waals surface area contributed by atoms with Crippen molar-refractivity contribution in [1.82, 2.24) is 4.98 Å². The van der Waals surface area contributed by atoms with Crippen LogP contribution < -0.4 is 5.32 Å². The summed E-state index contributed by atoms with van der Waals surface area (Å²) in [6.07, 6.45) is 4.15. The maximum Gasteiger partial charge on any atom is 0.342 e. The molecule has 0 radical (unpaired) electrons. The Labute approximate surface area is 95.3 Å². The van der Waals surface area contributed by atoms with Crippen molar-refractivity contribution in [2.75, 3.05) is 18.5 Å². The molecule has 0 saturated heterocycles. The quantitative estimate of drug-likeness (QED) is 0.590. The molecule has 1 N–H and O–H groups in total. The van der Waals surface area contributed by atoms with Crippen LogP contribution in [0.5, 0.6) is 0 Å². The number of esters is 1. The van der Waals surface area contributed by atoms with Crippen LogP contribution in [0.1, 0.15) is 23.7 Å². The van der Waals surface area contributed by atoms with E-state index in [-0.39, 0.29) is 12.6 Å². The SMILES string of the molecule is C=CCOC(=O)c1cccnc1NCCC. The Balaban J connectivity index is 2.76. The van der Waals surface area contributed by atoms with Gasteiger partial charge in [0, 0.05) is 12.7 Å². The molecule has 0 saturated carbocycles. The van der Waals surface area contributed by atoms with Gasteiger partial charge >= 0.3 is 5.97 Å². The van der Waals surface area contributed by atoms with E-state index in [1.54, 1.807) is 18.3 Å². The van der Waals surface area contributed by atoms with E-state index in [0.717, 1.165) is 13.0 Å². The minimum absolute atomic E-state index is 0.209. The molecule has 0 atom stereocenters. The minimum Gasteiger partial charge on any atom is -0.458 e. The molecule has 0 spiro atoms. The first kappa shape index (κ1) is 12.2. The Morgan fingerprint density at radius 2 is 2.50 bits per heavy atom. The molecule has 1 aromatic rings. The summed E-state index contributed by atoms with van der Waals surface area (Å²) in [4.78, 5) is 15.7. The third kappa shape index (κ3) is 3.38. The number of pyridine rings is 1. The Kier molecular flexibility index (Phi) is 5.05. The average Bonchev–Trinajstić information content (AvgIpc) is 2.33. The van der Waals surface area contributed by atoms with Gasteiger partial charge in [-0.05, 0) is 18.6 Å². The minimum atomic E-state index is -0.383. The fourth-order valence-corrected chi connectivity index (χ4v) is 1.17. The van der Waals surface area contributed by atoms with Crippen molar-refractivity contribution in [2.24, 2.45) is 0 Å². The van der Waals surface area contributed by atoms with E-state index in [2.05, 4.69) is 16.9 Å². The number of nitrogens with one attached hydrogen (secondary N) is 1. The number of aromatic nitrogens is 1. The van der Waals surface area contributed by atoms with Crippen LogP contribution in [0.2, 0.25) is 0 Å². The number of nitrogens with zero attached hydrogens (tertiary/aromatic N) is 1. The normalized spacial score (nSPS) is 9.56. The van der Waals surface area contributed by atoms with E-state index in [1.165, 1.54) is 6.08 Å². The molecule has 86 valence electrons. The molecule has 0 bridgehead atoms. The predicted molar refractivity (Wildman–Crippen MR) is 63.5 cm³/mol. The standard InChI is InChI=1S/C12H16N2O2/c1-3-7-13-11-10(6-5-8-14-11)12(15)16-9-4-2/h4-6,8H,2-3,7,9H2,1H3,(H,13,14). The van der Waals surface area contributed by atoms with Crippen molar-refractivity contribution in [3.8, 4) is 0 Å². The van der Waals surface area contributed by atoms with Gasteiger partial charge in [0.15, 0.2) is 0 Å². The van der Waals surface area contributed by atoms with Gasteiger partial charge in [-0.25, -0.2) is 9.78 Å². The summed E-state index contributed by atoms with van der Waals surface area (Å²) in [5, 5.41) is 3.08. The zero-order valence-electron chi connectivity index (χ0n) is 9.40. The average molecular weight is 220 g/mol. The van der Waals surface area contributed by atoms with E-state index < -0.39 is 0 Å². The third-order valence-corrected chi connectivity index (χ3v) is 1.90. The molecule has 0 unspecified atom stereocenters. The summed E-state index contributed by atoms with van der Waals surface area (Å²) in [5.74, 6) is 0.185. The molecule has 0 aromatic carbocycles. The lowest BCUT2D eigenvalue weighted by Gasteiger charge is -2.08. The number of carbonyl (C=O) groups is 1. The van der Waals surface area contributed by atoms with Gasteiger partial charge in [0.1, 0.15) is 18.0 Å². The molecule has 0 aliphatic heterocycles. The number of rotatable bonds is 6. The van der Waals surface area contributed by atoms with Gasteiger partial charge in [-0.3, -0.25) is 0 Å². The topological polar surface area (TPSA) is 51.2 Å². The molecule has 1 rings (SSSR count). The fraction of sp³-hybridized carbons (Fsp3) is 0.333. The first-order chi connectivity index (χ1) is 7.79. The molecular weight excluding hydrogens is 204 g/mol. The first-order valence-corrected chi connectivity index (χ1v) is 5.26. The van der Waals surface area contributed by atoms with Crippen LogP contribution >= 0.6 is 0 Å². The van der Waals surface area contributed by atoms with Crippen LogP contribution in [-0.4, -0.2) is 24.1 Å². The molecule has 0 amide bonds. The number of carbonyl (C=O) groups excluding carboxylic acids is 1. The van der Waals surface area contributed by atoms with Gasteiger partial charge in [-0.1, -0.05) is 19.6 Å². The zero-order valence-corrected chi connectivity index (χ0v) is 9.40. The van der Waals surface area contributed by atoms with Gasteiger partial charge < -0.3 is 10.1 Å². The Morgan fingerprint density at radius 1 is 1.69 bits per heavy atom. The molecule has 1 aromatic heterocycles. The molecule has 16 heavy (non-hydrogen) atoms. The largest absolute Gasteiger partial charge is 0.458 e. The summed E-state index contributed by atoms with van der Waals surface area (Å²) < 4.78 is 4.96. The van der Waals surface area contributed by atoms with Gasteiger partial charge in [0.05, 0.1) is 0 Å². The molecule has 4 nitrogen and oxygen atoms in total. The molecule has 1 heterocycles. The second-order valence-corrected chi connectivity index (χ2v) is 3.21. The van der Waals surface area contributed by atoms with E-state index in [9.17, 15) is 4.79 Å². The Hall–Kier alpha value is -1.84. The summed E-state index contributed by atoms with van der Waals surface area (Å²) in [7, 11) is 0. The highest BCUT2D eigenvalue weighted by Crippen LogP contribution is 2.12. The van der Waals surface area contributed by atoms with Gasteiger partial charge in [0.25, 0.3) is 0 Å². The number of hydrogen-bond donors (Lipinski definition) is 1. The van der Waals surface area contributed by atoms with Gasteiger partial charge in [-0.15, -0.1) is 0 Å². The van der Waals surface area contributed by atoms with Crippen molar-refractivity contribution in [1.29, 1.82) is 0 Å². The Morgan fingerprint density at radius 3 is 3.19 bits per heavy atom. The summed E-state index contributed by atoms with van der Waals surface area (Å²) >= 11 is 0. The zero-order chi connectivity index (χ0) is 11.8. The van der Waals surface area contributed by atoms with E-state index in [1.807, 2.05) is 6.92 Å². The first-order valence-electron chi connectivity index (χ1n) is 5.26. The fourth-order valence-electron chi connectivity index (χ4n) is 1.17. The van der Waals surface area contributed by atoms with Crippen LogP contribution in [0, 0.1) is 0 Å². The highest BCUT2D eigenvalue weighted by molar-refractivity contribution is 5.94. The monoisotopic (exact) mass is 220 g/mol. The molecule has 0 aliphatic rings. The molecule has 4 heteroatoms. The molecular formula is C12H16N2O2. The van der Waals surface area contributed by atoms with Crippen molar-refractivity contribution >= 4 is 11.8 Å². The van der Waals surface area contributed by atoms with Crippen molar-refractivity contribution in [3.05, 3.63) is 36.5 Å². The second kappa shape index (κ2) is 6.61. The van der Waals surface area contributed by atoms with Crippen LogP contribution in [0.4, 0.5) is 5.82 Å². The lowest BCUT2D eigenvalue weighted by Crippen LogP contribution is -2.11. The van der Waals surface area contributed by atoms with Gasteiger partial charge in [0.2, 0.25) is 0 Å². The third-order valence-electron chi connectivity index (χ3n) is 1.90. The number of anilines is 1. The number of hydrogen-bond acceptors (Lipinski definition) is 4. The maximum absolute atomic E-state index is 11.6. The van der Waals surface area contributed by atoms with Crippen molar-refractivity contribution in [2.45, 2.75) is 13.3 Å². The van der Waals surface area contributed by atoms with E-state index in [0.29, 0.717) is 11.4 Å².